The number of nitrogens with zero attached hydrogens (tertiary/aromatic N) is 2. The van der Waals surface area contributed by atoms with E-state index in [9.17, 15) is 20.2 Å². The Morgan fingerprint density at radius 2 is 1.25 bits per heavy atom. The van der Waals surface area contributed by atoms with Crippen LogP contribution >= 0.6 is 35.3 Å². The Labute approximate surface area is 178 Å². The molecular weight excluding hydrogens is 416 g/mol. The largest absolute Gasteiger partial charge is 0.269 e. The first-order valence-electron chi connectivity index (χ1n) is 9.11. The van der Waals surface area contributed by atoms with Crippen LogP contribution < -0.4 is 0 Å². The maximum atomic E-state index is 10.1. The molecule has 4 fully saturated rings. The van der Waals surface area contributed by atoms with Gasteiger partial charge in [-0.2, -0.15) is 0 Å². The van der Waals surface area contributed by atoms with Crippen molar-refractivity contribution >= 4 is 46.7 Å². The second kappa shape index (κ2) is 10.4. The summed E-state index contributed by atoms with van der Waals surface area (Å²) in [5.74, 6) is 6.65. The molecule has 4 aliphatic rings. The van der Waals surface area contributed by atoms with Crippen LogP contribution in [0.3, 0.4) is 0 Å². The van der Waals surface area contributed by atoms with Gasteiger partial charge in [0.1, 0.15) is 0 Å². The van der Waals surface area contributed by atoms with E-state index >= 15 is 0 Å². The first kappa shape index (κ1) is 22.9. The van der Waals surface area contributed by atoms with Gasteiger partial charge < -0.3 is 0 Å². The normalized spacial score (nSPS) is 28.6. The molecule has 5 rings (SSSR count). The smallest absolute Gasteiger partial charge is 0.258 e. The summed E-state index contributed by atoms with van der Waals surface area (Å²) in [4.78, 5) is 19.0. The van der Waals surface area contributed by atoms with Crippen molar-refractivity contribution in [2.45, 2.75) is 60.2 Å². The van der Waals surface area contributed by atoms with Crippen molar-refractivity contribution in [3.05, 3.63) is 44.5 Å². The van der Waals surface area contributed by atoms with Gasteiger partial charge >= 0.3 is 0 Å². The van der Waals surface area contributed by atoms with Crippen molar-refractivity contribution in [2.24, 2.45) is 5.41 Å². The molecule has 0 amide bonds. The van der Waals surface area contributed by atoms with E-state index in [1.807, 2.05) is 6.92 Å². The zero-order valence-corrected chi connectivity index (χ0v) is 18.6. The highest BCUT2D eigenvalue weighted by Gasteiger charge is 2.51. The Morgan fingerprint density at radius 3 is 1.50 bits per heavy atom. The second-order valence-electron chi connectivity index (χ2n) is 6.70. The third-order valence-electron chi connectivity index (χ3n) is 4.24. The molecule has 4 bridgehead atoms. The van der Waals surface area contributed by atoms with Gasteiger partial charge in [-0.05, 0) is 26.2 Å². The molecule has 0 spiro atoms. The molecule has 4 aliphatic heterocycles. The van der Waals surface area contributed by atoms with Crippen LogP contribution in [0.5, 0.6) is 0 Å². The van der Waals surface area contributed by atoms with E-state index in [0.29, 0.717) is 5.41 Å². The Morgan fingerprint density at radius 1 is 0.929 bits per heavy atom. The summed E-state index contributed by atoms with van der Waals surface area (Å²) >= 11 is 6.57. The first-order valence-corrected chi connectivity index (χ1v) is 11.9. The number of hydrogen-bond donors (Lipinski definition) is 0. The molecule has 1 aromatic rings. The van der Waals surface area contributed by atoms with Gasteiger partial charge in [0.25, 0.3) is 11.4 Å². The van der Waals surface area contributed by atoms with Crippen molar-refractivity contribution in [1.82, 2.24) is 0 Å². The van der Waals surface area contributed by atoms with Gasteiger partial charge in [-0.25, -0.2) is 0 Å². The summed E-state index contributed by atoms with van der Waals surface area (Å²) in [5, 5.41) is 20.2. The van der Waals surface area contributed by atoms with E-state index in [2.05, 4.69) is 61.0 Å². The number of benzene rings is 1. The van der Waals surface area contributed by atoms with E-state index in [-0.39, 0.29) is 11.4 Å². The fourth-order valence-corrected chi connectivity index (χ4v) is 10.5. The lowest BCUT2D eigenvalue weighted by Gasteiger charge is -2.53. The van der Waals surface area contributed by atoms with E-state index in [1.165, 1.54) is 25.7 Å². The number of rotatable bonds is 2. The third kappa shape index (κ3) is 6.06. The van der Waals surface area contributed by atoms with Crippen LogP contribution in [0.2, 0.25) is 0 Å². The van der Waals surface area contributed by atoms with Gasteiger partial charge in [0.2, 0.25) is 0 Å². The monoisotopic (exact) mass is 440 g/mol. The summed E-state index contributed by atoms with van der Waals surface area (Å²) in [7, 11) is 0. The van der Waals surface area contributed by atoms with Crippen molar-refractivity contribution in [3.8, 4) is 11.8 Å². The highest BCUT2D eigenvalue weighted by molar-refractivity contribution is 8.33. The topological polar surface area (TPSA) is 86.3 Å². The van der Waals surface area contributed by atoms with Crippen LogP contribution in [-0.2, 0) is 0 Å². The van der Waals surface area contributed by atoms with Gasteiger partial charge in [0.15, 0.2) is 0 Å². The van der Waals surface area contributed by atoms with Crippen molar-refractivity contribution in [2.75, 3.05) is 0 Å². The van der Waals surface area contributed by atoms with Crippen LogP contribution in [-0.4, -0.2) is 23.6 Å². The zero-order chi connectivity index (χ0) is 20.7. The minimum atomic E-state index is -0.607. The Kier molecular flexibility index (Phi) is 8.53. The van der Waals surface area contributed by atoms with Crippen molar-refractivity contribution < 1.29 is 9.85 Å². The van der Waals surface area contributed by atoms with Gasteiger partial charge in [0.05, 0.1) is 23.6 Å². The molecule has 0 atom stereocenters. The molecule has 0 aliphatic carbocycles. The molecule has 28 heavy (non-hydrogen) atoms. The van der Waals surface area contributed by atoms with Gasteiger partial charge in [-0.3, -0.25) is 20.2 Å². The first-order chi connectivity index (χ1) is 13.3. The standard InChI is InChI=1S/C10H12S3.C6H4N2O4.C3H8/c1-2-3-10-4-7-11-8(5-10)13-9(6-10)12-7;9-7(10)5-1-2-6(4-3-5)8(11)12;1-3-2/h7-9H,4-6H2,1H3;1-4H;3H2,1-2H3. The minimum Gasteiger partial charge on any atom is -0.258 e. The molecule has 0 saturated carbocycles. The molecule has 1 aromatic carbocycles. The second-order valence-corrected chi connectivity index (χ2v) is 11.8. The molecule has 0 unspecified atom stereocenters. The van der Waals surface area contributed by atoms with Crippen molar-refractivity contribution in [1.29, 1.82) is 0 Å². The molecule has 4 saturated heterocycles. The van der Waals surface area contributed by atoms with Crippen molar-refractivity contribution in [3.63, 3.8) is 0 Å². The predicted octanol–water partition coefficient (Wildman–Crippen LogP) is 6.30. The van der Waals surface area contributed by atoms with Crippen LogP contribution in [0.25, 0.3) is 0 Å². The summed E-state index contributed by atoms with van der Waals surface area (Å²) in [6, 6.07) is 4.38. The van der Waals surface area contributed by atoms with Crippen LogP contribution in [0.1, 0.15) is 46.5 Å². The fourth-order valence-electron chi connectivity index (χ4n) is 3.21. The summed E-state index contributed by atoms with van der Waals surface area (Å²) < 4.78 is 2.58. The lowest BCUT2D eigenvalue weighted by atomic mass is 9.79. The van der Waals surface area contributed by atoms with Crippen LogP contribution in [0.4, 0.5) is 11.4 Å². The molecule has 0 aromatic heterocycles. The molecule has 4 heterocycles. The van der Waals surface area contributed by atoms with Crippen LogP contribution in [0, 0.1) is 37.5 Å². The Bertz CT molecular complexity index is 690. The molecule has 0 radical (unpaired) electrons. The molecule has 9 heteroatoms. The van der Waals surface area contributed by atoms with Gasteiger partial charge in [-0.15, -0.1) is 41.2 Å². The van der Waals surface area contributed by atoms with E-state index in [1.54, 1.807) is 0 Å². The zero-order valence-electron chi connectivity index (χ0n) is 16.1. The lowest BCUT2D eigenvalue weighted by Crippen LogP contribution is -2.43. The maximum absolute atomic E-state index is 10.1. The SMILES string of the molecule is CC#CC12CC3SC(C1)SC(C2)S3.CCC.O=[N+]([O-])c1ccc([N+](=O)[O-])cc1. The van der Waals surface area contributed by atoms with E-state index < -0.39 is 9.85 Å². The molecule has 6 nitrogen and oxygen atoms in total. The van der Waals surface area contributed by atoms with Gasteiger partial charge in [-0.1, -0.05) is 26.2 Å². The number of thioether (sulfide) groups is 3. The molecule has 0 N–H and O–H groups in total. The third-order valence-corrected chi connectivity index (χ3v) is 9.07. The number of hydrogen-bond acceptors (Lipinski definition) is 7. The predicted molar refractivity (Wildman–Crippen MR) is 120 cm³/mol. The quantitative estimate of drug-likeness (QED) is 0.303. The molecule has 152 valence electrons. The number of nitro benzene ring substituents is 2. The highest BCUT2D eigenvalue weighted by atomic mass is 32.3. The maximum Gasteiger partial charge on any atom is 0.269 e. The summed E-state index contributed by atoms with van der Waals surface area (Å²) in [5.41, 5.74) is 0.123. The lowest BCUT2D eigenvalue weighted by molar-refractivity contribution is -0.389. The van der Waals surface area contributed by atoms with Crippen LogP contribution in [0.15, 0.2) is 24.3 Å². The fraction of sp³-hybridized carbons (Fsp3) is 0.579. The summed E-state index contributed by atoms with van der Waals surface area (Å²) in [6.45, 7) is 6.24. The summed E-state index contributed by atoms with van der Waals surface area (Å²) in [6.07, 6.45) is 5.28. The average Bonchev–Trinajstić information content (AvgIpc) is 2.62. The minimum absolute atomic E-state index is 0.152. The molecular formula is C19H24N2O4S3. The average molecular weight is 441 g/mol. The highest BCUT2D eigenvalue weighted by Crippen LogP contribution is 2.66. The van der Waals surface area contributed by atoms with E-state index in [0.717, 1.165) is 38.0 Å². The number of nitro groups is 2. The Balaban J connectivity index is 0.000000177. The Hall–Kier alpha value is -1.37. The van der Waals surface area contributed by atoms with Gasteiger partial charge in [0, 0.05) is 29.7 Å². The van der Waals surface area contributed by atoms with E-state index in [4.69, 9.17) is 0 Å². The number of non-ortho nitro benzene ring substituents is 2.